The van der Waals surface area contributed by atoms with Crippen molar-refractivity contribution in [3.8, 4) is 0 Å². The van der Waals surface area contributed by atoms with Crippen molar-refractivity contribution in [1.29, 1.82) is 0 Å². The molecule has 0 radical (unpaired) electrons. The van der Waals surface area contributed by atoms with E-state index in [9.17, 15) is 15.0 Å². The molecule has 9 nitrogen and oxygen atoms in total. The zero-order valence-electron chi connectivity index (χ0n) is 10.3. The molecule has 0 aromatic carbocycles. The molecule has 0 bridgehead atoms. The van der Waals surface area contributed by atoms with Gasteiger partial charge in [-0.3, -0.25) is 9.78 Å². The van der Waals surface area contributed by atoms with E-state index >= 15 is 0 Å². The first-order valence-corrected chi connectivity index (χ1v) is 6.01. The number of nitrogens with zero attached hydrogens (tertiary/aromatic N) is 2. The lowest BCUT2D eigenvalue weighted by atomic mass is 10.1. The quantitative estimate of drug-likeness (QED) is 0.424. The van der Waals surface area contributed by atoms with Crippen LogP contribution in [0.1, 0.15) is 6.23 Å². The third-order valence-corrected chi connectivity index (χ3v) is 3.39. The van der Waals surface area contributed by atoms with Crippen LogP contribution in [0.5, 0.6) is 0 Å². The molecule has 0 aliphatic carbocycles. The number of nitrogen functional groups attached to an aromatic ring is 1. The molecule has 6 N–H and O–H groups in total. The Hall–Kier alpha value is -1.94. The largest absolute Gasteiger partial charge is 0.394 e. The highest BCUT2D eigenvalue weighted by Gasteiger charge is 2.43. The van der Waals surface area contributed by atoms with Crippen LogP contribution in [0.3, 0.4) is 0 Å². The van der Waals surface area contributed by atoms with E-state index in [1.54, 1.807) is 0 Å². The van der Waals surface area contributed by atoms with Gasteiger partial charge in [0.2, 0.25) is 5.95 Å². The zero-order chi connectivity index (χ0) is 14.4. The van der Waals surface area contributed by atoms with Gasteiger partial charge in [-0.1, -0.05) is 0 Å². The number of aromatic amines is 1. The van der Waals surface area contributed by atoms with Crippen LogP contribution < -0.4 is 11.3 Å². The van der Waals surface area contributed by atoms with Crippen LogP contribution in [0.2, 0.25) is 0 Å². The van der Waals surface area contributed by atoms with E-state index in [4.69, 9.17) is 15.6 Å². The highest BCUT2D eigenvalue weighted by Crippen LogP contribution is 2.31. The molecule has 3 heterocycles. The highest BCUT2D eigenvalue weighted by atomic mass is 16.6. The second kappa shape index (κ2) is 4.56. The van der Waals surface area contributed by atoms with Gasteiger partial charge in [0.05, 0.1) is 12.0 Å². The summed E-state index contributed by atoms with van der Waals surface area (Å²) in [5, 5.41) is 29.1. The molecule has 20 heavy (non-hydrogen) atoms. The molecule has 2 aromatic rings. The summed E-state index contributed by atoms with van der Waals surface area (Å²) in [6.45, 7) is -0.427. The number of aromatic nitrogens is 3. The van der Waals surface area contributed by atoms with Crippen molar-refractivity contribution in [3.63, 3.8) is 0 Å². The molecule has 3 rings (SSSR count). The van der Waals surface area contributed by atoms with Gasteiger partial charge in [-0.15, -0.1) is 0 Å². The Kier molecular flexibility index (Phi) is 2.98. The summed E-state index contributed by atoms with van der Waals surface area (Å²) >= 11 is 0. The summed E-state index contributed by atoms with van der Waals surface area (Å²) in [5.74, 6) is -0.0609. The van der Waals surface area contributed by atoms with E-state index in [0.717, 1.165) is 0 Å². The third kappa shape index (κ3) is 1.79. The second-order valence-corrected chi connectivity index (χ2v) is 4.64. The third-order valence-electron chi connectivity index (χ3n) is 3.39. The first kappa shape index (κ1) is 13.1. The monoisotopic (exact) mass is 282 g/mol. The Labute approximate surface area is 112 Å². The Balaban J connectivity index is 2.09. The van der Waals surface area contributed by atoms with Gasteiger partial charge in [0.1, 0.15) is 18.3 Å². The number of fused-ring (bicyclic) bond motifs is 1. The molecule has 0 spiro atoms. The van der Waals surface area contributed by atoms with Crippen molar-refractivity contribution < 1.29 is 20.1 Å². The summed E-state index contributed by atoms with van der Waals surface area (Å²) in [7, 11) is 0. The molecule has 1 aliphatic rings. The minimum absolute atomic E-state index is 0.0609. The maximum atomic E-state index is 11.7. The number of nitrogens with one attached hydrogen (secondary N) is 1. The standard InChI is InChI=1S/C11H14N4O5/c12-11-13-8-4(9(19)14-11)1-2-15(8)10-7(18)6(17)5(3-16)20-10/h1-2,5-7,10,16-18H,3H2,(H3,12,13,14,19)/t5-,6?,7?,10-/m1/s1. The van der Waals surface area contributed by atoms with Crippen molar-refractivity contribution >= 4 is 17.0 Å². The summed E-state index contributed by atoms with van der Waals surface area (Å²) in [6, 6.07) is 1.51. The fourth-order valence-electron chi connectivity index (χ4n) is 2.38. The van der Waals surface area contributed by atoms with Gasteiger partial charge in [-0.25, -0.2) is 0 Å². The van der Waals surface area contributed by atoms with E-state index in [2.05, 4.69) is 9.97 Å². The van der Waals surface area contributed by atoms with Crippen molar-refractivity contribution in [2.24, 2.45) is 0 Å². The van der Waals surface area contributed by atoms with Gasteiger partial charge in [-0.05, 0) is 6.07 Å². The molecule has 1 fully saturated rings. The van der Waals surface area contributed by atoms with E-state index < -0.39 is 36.7 Å². The van der Waals surface area contributed by atoms with Crippen LogP contribution in [-0.4, -0.2) is 54.8 Å². The molecule has 4 atom stereocenters. The first-order chi connectivity index (χ1) is 9.52. The van der Waals surface area contributed by atoms with E-state index in [-0.39, 0.29) is 17.0 Å². The van der Waals surface area contributed by atoms with Crippen LogP contribution in [0.15, 0.2) is 17.1 Å². The van der Waals surface area contributed by atoms with Crippen LogP contribution in [-0.2, 0) is 4.74 Å². The molecule has 0 saturated carbocycles. The summed E-state index contributed by atoms with van der Waals surface area (Å²) in [4.78, 5) is 18.1. The Morgan fingerprint density at radius 1 is 1.45 bits per heavy atom. The number of hydrogen-bond donors (Lipinski definition) is 5. The fraction of sp³-hybridized carbons (Fsp3) is 0.455. The molecular weight excluding hydrogens is 268 g/mol. The van der Waals surface area contributed by atoms with E-state index in [0.29, 0.717) is 0 Å². The number of anilines is 1. The number of ether oxygens (including phenoxy) is 1. The van der Waals surface area contributed by atoms with Crippen molar-refractivity contribution in [2.45, 2.75) is 24.5 Å². The highest BCUT2D eigenvalue weighted by molar-refractivity contribution is 5.76. The maximum Gasteiger partial charge on any atom is 0.261 e. The predicted octanol–water partition coefficient (Wildman–Crippen LogP) is -2.08. The number of rotatable bonds is 2. The van der Waals surface area contributed by atoms with Gasteiger partial charge in [-0.2, -0.15) is 4.98 Å². The predicted molar refractivity (Wildman–Crippen MR) is 67.8 cm³/mol. The number of nitrogens with two attached hydrogens (primary N) is 1. The van der Waals surface area contributed by atoms with Crippen LogP contribution in [0.25, 0.3) is 11.0 Å². The molecule has 108 valence electrons. The lowest BCUT2D eigenvalue weighted by Gasteiger charge is -2.17. The molecule has 1 saturated heterocycles. The van der Waals surface area contributed by atoms with Gasteiger partial charge in [0.15, 0.2) is 11.9 Å². The van der Waals surface area contributed by atoms with Gasteiger partial charge in [0.25, 0.3) is 5.56 Å². The summed E-state index contributed by atoms with van der Waals surface area (Å²) in [5.41, 5.74) is 5.33. The minimum atomic E-state index is -1.25. The Morgan fingerprint density at radius 3 is 2.85 bits per heavy atom. The lowest BCUT2D eigenvalue weighted by Crippen LogP contribution is -2.33. The van der Waals surface area contributed by atoms with E-state index in [1.807, 2.05) is 0 Å². The Morgan fingerprint density at radius 2 is 2.20 bits per heavy atom. The van der Waals surface area contributed by atoms with Gasteiger partial charge in [0, 0.05) is 6.20 Å². The number of aliphatic hydroxyl groups excluding tert-OH is 3. The molecule has 2 aromatic heterocycles. The van der Waals surface area contributed by atoms with Crippen molar-refractivity contribution in [1.82, 2.24) is 14.5 Å². The normalized spacial score (nSPS) is 30.1. The first-order valence-electron chi connectivity index (χ1n) is 6.01. The molecule has 2 unspecified atom stereocenters. The van der Waals surface area contributed by atoms with Crippen molar-refractivity contribution in [2.75, 3.05) is 12.3 Å². The topological polar surface area (TPSA) is 147 Å². The van der Waals surface area contributed by atoms with Gasteiger partial charge < -0.3 is 30.4 Å². The SMILES string of the molecule is Nc1nc2c(ccn2[C@@H]2O[C@H](CO)C(O)C2O)c(=O)[nH]1. The zero-order valence-corrected chi connectivity index (χ0v) is 10.3. The lowest BCUT2D eigenvalue weighted by molar-refractivity contribution is -0.0508. The molecule has 9 heteroatoms. The summed E-state index contributed by atoms with van der Waals surface area (Å²) in [6.07, 6.45) is -2.81. The Bertz CT molecular complexity index is 696. The van der Waals surface area contributed by atoms with Crippen LogP contribution >= 0.6 is 0 Å². The molecule has 1 aliphatic heterocycles. The van der Waals surface area contributed by atoms with Crippen LogP contribution in [0.4, 0.5) is 5.95 Å². The van der Waals surface area contributed by atoms with Crippen molar-refractivity contribution in [3.05, 3.63) is 22.6 Å². The molecular formula is C11H14N4O5. The number of H-pyrrole nitrogens is 1. The smallest absolute Gasteiger partial charge is 0.261 e. The van der Waals surface area contributed by atoms with E-state index in [1.165, 1.54) is 16.8 Å². The second-order valence-electron chi connectivity index (χ2n) is 4.64. The fourth-order valence-corrected chi connectivity index (χ4v) is 2.38. The maximum absolute atomic E-state index is 11.7. The number of aliphatic hydroxyl groups is 3. The van der Waals surface area contributed by atoms with Gasteiger partial charge >= 0.3 is 0 Å². The average molecular weight is 282 g/mol. The summed E-state index contributed by atoms with van der Waals surface area (Å²) < 4.78 is 6.79. The number of hydrogen-bond acceptors (Lipinski definition) is 7. The van der Waals surface area contributed by atoms with Crippen LogP contribution in [0, 0.1) is 0 Å². The average Bonchev–Trinajstić information content (AvgIpc) is 2.93. The minimum Gasteiger partial charge on any atom is -0.394 e. The molecule has 0 amide bonds.